The van der Waals surface area contributed by atoms with Crippen LogP contribution in [-0.4, -0.2) is 31.9 Å². The van der Waals surface area contributed by atoms with Crippen molar-refractivity contribution in [2.45, 2.75) is 19.9 Å². The summed E-state index contributed by atoms with van der Waals surface area (Å²) in [5.74, 6) is 1.24. The molecule has 1 N–H and O–H groups in total. The first kappa shape index (κ1) is 12.8. The minimum Gasteiger partial charge on any atom is -0.497 e. The molecule has 1 unspecified atom stereocenters. The molecule has 0 spiro atoms. The molecule has 0 saturated heterocycles. The third kappa shape index (κ3) is 2.89. The second-order valence-corrected chi connectivity index (χ2v) is 4.31. The monoisotopic (exact) mass is 223 g/mol. The van der Waals surface area contributed by atoms with Crippen molar-refractivity contribution < 1.29 is 9.84 Å². The number of rotatable bonds is 5. The molecular weight excluding hydrogens is 202 g/mol. The van der Waals surface area contributed by atoms with Crippen LogP contribution in [0.25, 0.3) is 0 Å². The first-order chi connectivity index (χ1) is 7.60. The zero-order chi connectivity index (χ0) is 12.1. The summed E-state index contributed by atoms with van der Waals surface area (Å²) in [6, 6.07) is 8.01. The summed E-state index contributed by atoms with van der Waals surface area (Å²) < 4.78 is 5.19. The van der Waals surface area contributed by atoms with Crippen molar-refractivity contribution >= 4 is 5.69 Å². The molecule has 0 aliphatic heterocycles. The van der Waals surface area contributed by atoms with Crippen molar-refractivity contribution in [3.05, 3.63) is 24.3 Å². The van der Waals surface area contributed by atoms with Gasteiger partial charge in [-0.3, -0.25) is 0 Å². The second kappa shape index (κ2) is 5.75. The van der Waals surface area contributed by atoms with Gasteiger partial charge in [0.15, 0.2) is 0 Å². The summed E-state index contributed by atoms with van der Waals surface area (Å²) >= 11 is 0. The van der Waals surface area contributed by atoms with Gasteiger partial charge in [0.25, 0.3) is 0 Å². The van der Waals surface area contributed by atoms with Gasteiger partial charge in [0.1, 0.15) is 5.75 Å². The van der Waals surface area contributed by atoms with E-state index in [1.54, 1.807) is 7.11 Å². The van der Waals surface area contributed by atoms with Gasteiger partial charge < -0.3 is 14.7 Å². The first-order valence-electron chi connectivity index (χ1n) is 5.58. The van der Waals surface area contributed by atoms with Crippen LogP contribution in [0, 0.1) is 5.92 Å². The van der Waals surface area contributed by atoms with Crippen LogP contribution < -0.4 is 9.64 Å². The van der Waals surface area contributed by atoms with Crippen molar-refractivity contribution in [2.24, 2.45) is 5.92 Å². The SMILES string of the molecule is COc1cccc(N(C)C(CO)C(C)C)c1. The largest absolute Gasteiger partial charge is 0.497 e. The third-order valence-corrected chi connectivity index (χ3v) is 2.91. The van der Waals surface area contributed by atoms with E-state index < -0.39 is 0 Å². The average molecular weight is 223 g/mol. The lowest BCUT2D eigenvalue weighted by Crippen LogP contribution is -2.38. The summed E-state index contributed by atoms with van der Waals surface area (Å²) in [4.78, 5) is 2.09. The maximum atomic E-state index is 9.38. The Morgan fingerprint density at radius 2 is 2.06 bits per heavy atom. The summed E-state index contributed by atoms with van der Waals surface area (Å²) in [7, 11) is 3.65. The molecule has 90 valence electrons. The molecule has 3 heteroatoms. The molecule has 0 aliphatic carbocycles. The van der Waals surface area contributed by atoms with Crippen LogP contribution in [0.15, 0.2) is 24.3 Å². The molecule has 0 aliphatic rings. The van der Waals surface area contributed by atoms with Crippen molar-refractivity contribution in [1.82, 2.24) is 0 Å². The molecule has 0 heterocycles. The molecule has 0 saturated carbocycles. The standard InChI is InChI=1S/C13H21NO2/c1-10(2)13(9-15)14(3)11-6-5-7-12(8-11)16-4/h5-8,10,13,15H,9H2,1-4H3. The number of likely N-dealkylation sites (N-methyl/N-ethyl adjacent to an activating group) is 1. The van der Waals surface area contributed by atoms with Gasteiger partial charge in [-0.2, -0.15) is 0 Å². The fourth-order valence-electron chi connectivity index (χ4n) is 1.80. The topological polar surface area (TPSA) is 32.7 Å². The van der Waals surface area contributed by atoms with Crippen molar-refractivity contribution in [3.8, 4) is 5.75 Å². The molecule has 1 aromatic rings. The van der Waals surface area contributed by atoms with Crippen LogP contribution in [-0.2, 0) is 0 Å². The summed E-state index contributed by atoms with van der Waals surface area (Å²) in [5.41, 5.74) is 1.06. The van der Waals surface area contributed by atoms with E-state index in [-0.39, 0.29) is 12.6 Å². The highest BCUT2D eigenvalue weighted by atomic mass is 16.5. The smallest absolute Gasteiger partial charge is 0.120 e. The molecule has 0 aromatic heterocycles. The van der Waals surface area contributed by atoms with Gasteiger partial charge in [0.05, 0.1) is 19.8 Å². The fraction of sp³-hybridized carbons (Fsp3) is 0.538. The molecular formula is C13H21NO2. The van der Waals surface area contributed by atoms with E-state index in [4.69, 9.17) is 4.74 Å². The number of aliphatic hydroxyl groups excluding tert-OH is 1. The maximum absolute atomic E-state index is 9.38. The zero-order valence-corrected chi connectivity index (χ0v) is 10.5. The molecule has 0 bridgehead atoms. The molecule has 16 heavy (non-hydrogen) atoms. The minimum atomic E-state index is 0.132. The van der Waals surface area contributed by atoms with Crippen LogP contribution in [0.1, 0.15) is 13.8 Å². The average Bonchev–Trinajstić information content (AvgIpc) is 2.29. The van der Waals surface area contributed by atoms with Crippen LogP contribution in [0.5, 0.6) is 5.75 Å². The Bertz CT molecular complexity index is 325. The number of ether oxygens (including phenoxy) is 1. The Kier molecular flexibility index (Phi) is 4.62. The van der Waals surface area contributed by atoms with Gasteiger partial charge in [0.2, 0.25) is 0 Å². The molecule has 1 aromatic carbocycles. The van der Waals surface area contributed by atoms with E-state index in [1.807, 2.05) is 31.3 Å². The fourth-order valence-corrected chi connectivity index (χ4v) is 1.80. The Hall–Kier alpha value is -1.22. The van der Waals surface area contributed by atoms with Gasteiger partial charge in [-0.1, -0.05) is 19.9 Å². The van der Waals surface area contributed by atoms with E-state index in [2.05, 4.69) is 18.7 Å². The van der Waals surface area contributed by atoms with E-state index in [1.165, 1.54) is 0 Å². The zero-order valence-electron chi connectivity index (χ0n) is 10.5. The normalized spacial score (nSPS) is 12.6. The maximum Gasteiger partial charge on any atom is 0.120 e. The van der Waals surface area contributed by atoms with Crippen molar-refractivity contribution in [2.75, 3.05) is 25.7 Å². The minimum absolute atomic E-state index is 0.132. The van der Waals surface area contributed by atoms with Crippen LogP contribution in [0.4, 0.5) is 5.69 Å². The van der Waals surface area contributed by atoms with Crippen LogP contribution in [0.2, 0.25) is 0 Å². The Morgan fingerprint density at radius 3 is 2.56 bits per heavy atom. The van der Waals surface area contributed by atoms with E-state index in [9.17, 15) is 5.11 Å². The first-order valence-corrected chi connectivity index (χ1v) is 5.58. The van der Waals surface area contributed by atoms with Gasteiger partial charge in [-0.25, -0.2) is 0 Å². The lowest BCUT2D eigenvalue weighted by molar-refractivity contribution is 0.234. The highest BCUT2D eigenvalue weighted by molar-refractivity contribution is 5.51. The number of anilines is 1. The van der Waals surface area contributed by atoms with Gasteiger partial charge >= 0.3 is 0 Å². The lowest BCUT2D eigenvalue weighted by Gasteiger charge is -2.31. The van der Waals surface area contributed by atoms with Gasteiger partial charge in [0, 0.05) is 18.8 Å². The number of benzene rings is 1. The number of hydrogen-bond donors (Lipinski definition) is 1. The molecule has 0 amide bonds. The predicted molar refractivity (Wildman–Crippen MR) is 67.1 cm³/mol. The highest BCUT2D eigenvalue weighted by Crippen LogP contribution is 2.23. The number of hydrogen-bond acceptors (Lipinski definition) is 3. The second-order valence-electron chi connectivity index (χ2n) is 4.31. The van der Waals surface area contributed by atoms with Gasteiger partial charge in [-0.15, -0.1) is 0 Å². The van der Waals surface area contributed by atoms with Gasteiger partial charge in [-0.05, 0) is 18.1 Å². The molecule has 1 atom stereocenters. The third-order valence-electron chi connectivity index (χ3n) is 2.91. The van der Waals surface area contributed by atoms with E-state index in [0.29, 0.717) is 5.92 Å². The number of nitrogens with zero attached hydrogens (tertiary/aromatic N) is 1. The molecule has 0 fully saturated rings. The molecule has 0 radical (unpaired) electrons. The summed E-state index contributed by atoms with van der Waals surface area (Å²) in [5, 5.41) is 9.38. The van der Waals surface area contributed by atoms with Crippen LogP contribution in [0.3, 0.4) is 0 Å². The number of aliphatic hydroxyl groups is 1. The Morgan fingerprint density at radius 1 is 1.38 bits per heavy atom. The number of methoxy groups -OCH3 is 1. The summed E-state index contributed by atoms with van der Waals surface area (Å²) in [6.07, 6.45) is 0. The summed E-state index contributed by atoms with van der Waals surface area (Å²) in [6.45, 7) is 4.38. The predicted octanol–water partition coefficient (Wildman–Crippen LogP) is 2.15. The lowest BCUT2D eigenvalue weighted by atomic mass is 10.0. The van der Waals surface area contributed by atoms with Crippen molar-refractivity contribution in [1.29, 1.82) is 0 Å². The van der Waals surface area contributed by atoms with E-state index in [0.717, 1.165) is 11.4 Å². The van der Waals surface area contributed by atoms with Crippen LogP contribution >= 0.6 is 0 Å². The Labute approximate surface area is 97.7 Å². The highest BCUT2D eigenvalue weighted by Gasteiger charge is 2.18. The molecule has 1 rings (SSSR count). The van der Waals surface area contributed by atoms with Crippen molar-refractivity contribution in [3.63, 3.8) is 0 Å². The van der Waals surface area contributed by atoms with E-state index >= 15 is 0 Å². The quantitative estimate of drug-likeness (QED) is 0.830. The molecule has 3 nitrogen and oxygen atoms in total. The Balaban J connectivity index is 2.89.